The molecule has 0 amide bonds. The van der Waals surface area contributed by atoms with E-state index in [4.69, 9.17) is 10.2 Å². The van der Waals surface area contributed by atoms with Gasteiger partial charge in [-0.15, -0.1) is 0 Å². The monoisotopic (exact) mass is 418 g/mol. The molecule has 0 saturated heterocycles. The van der Waals surface area contributed by atoms with Gasteiger partial charge in [0.2, 0.25) is 0 Å². The molecule has 0 fully saturated rings. The average molecular weight is 419 g/mol. The smallest absolute Gasteiger partial charge is 0.337 e. The fourth-order valence-electron chi connectivity index (χ4n) is 2.22. The Labute approximate surface area is 154 Å². The molecule has 0 radical (unpaired) electrons. The van der Waals surface area contributed by atoms with Gasteiger partial charge >= 0.3 is 11.9 Å². The van der Waals surface area contributed by atoms with Crippen molar-refractivity contribution in [3.8, 4) is 0 Å². The van der Waals surface area contributed by atoms with Gasteiger partial charge in [-0.25, -0.2) is 4.79 Å². The van der Waals surface area contributed by atoms with Crippen LogP contribution in [0.1, 0.15) is 37.7 Å². The van der Waals surface area contributed by atoms with Gasteiger partial charge in [0.05, 0.1) is 6.42 Å². The second kappa shape index (κ2) is 10.7. The summed E-state index contributed by atoms with van der Waals surface area (Å²) in [7, 11) is 0. The molecule has 1 atom stereocenters. The number of aryl methyl sites for hydroxylation is 1. The molecule has 1 aromatic rings. The maximum Gasteiger partial charge on any atom is 0.337 e. The van der Waals surface area contributed by atoms with Crippen LogP contribution in [0.3, 0.4) is 0 Å². The first-order valence-corrected chi connectivity index (χ1v) is 9.78. The first-order chi connectivity index (χ1) is 11.3. The predicted octanol–water partition coefficient (Wildman–Crippen LogP) is 3.58. The molecule has 0 saturated carbocycles. The number of carboxylic acids is 2. The first kappa shape index (κ1) is 21.0. The standard InChI is InChI=1S/C17H23BrO5S/c18-14-8-6-13(7-9-14)5-3-1-2-4-10-24-12-17(23,16(21)22)11-15(19)20/h6-9,23H,1-5,10-12H2,(H,19,20)(H,21,22)/t17-/m1/s1. The van der Waals surface area contributed by atoms with E-state index in [0.717, 1.165) is 36.6 Å². The second-order valence-corrected chi connectivity index (χ2v) is 7.77. The van der Waals surface area contributed by atoms with Gasteiger partial charge in [0, 0.05) is 10.2 Å². The number of benzene rings is 1. The second-order valence-electron chi connectivity index (χ2n) is 5.75. The fourth-order valence-corrected chi connectivity index (χ4v) is 3.60. The molecular weight excluding hydrogens is 396 g/mol. The summed E-state index contributed by atoms with van der Waals surface area (Å²) in [5.41, 5.74) is -0.870. The van der Waals surface area contributed by atoms with E-state index in [1.807, 2.05) is 12.1 Å². The normalized spacial score (nSPS) is 13.4. The summed E-state index contributed by atoms with van der Waals surface area (Å²) >= 11 is 4.70. The molecule has 134 valence electrons. The number of rotatable bonds is 12. The van der Waals surface area contributed by atoms with Crippen molar-refractivity contribution in [1.29, 1.82) is 0 Å². The maximum absolute atomic E-state index is 11.0. The number of thioether (sulfide) groups is 1. The Bertz CT molecular complexity index is 534. The van der Waals surface area contributed by atoms with Crippen LogP contribution in [-0.4, -0.2) is 44.4 Å². The zero-order valence-electron chi connectivity index (χ0n) is 13.4. The first-order valence-electron chi connectivity index (χ1n) is 7.83. The van der Waals surface area contributed by atoms with Crippen LogP contribution in [0.4, 0.5) is 0 Å². The Morgan fingerprint density at radius 1 is 1.04 bits per heavy atom. The van der Waals surface area contributed by atoms with Crippen LogP contribution >= 0.6 is 27.7 Å². The maximum atomic E-state index is 11.0. The molecule has 1 rings (SSSR count). The van der Waals surface area contributed by atoms with Crippen LogP contribution in [0, 0.1) is 0 Å². The molecule has 0 aliphatic rings. The molecule has 0 spiro atoms. The van der Waals surface area contributed by atoms with Gasteiger partial charge < -0.3 is 15.3 Å². The summed E-state index contributed by atoms with van der Waals surface area (Å²) in [5.74, 6) is -2.18. The summed E-state index contributed by atoms with van der Waals surface area (Å²) in [4.78, 5) is 21.6. The Morgan fingerprint density at radius 3 is 2.25 bits per heavy atom. The van der Waals surface area contributed by atoms with Gasteiger partial charge in [0.1, 0.15) is 0 Å². The number of hydrogen-bond donors (Lipinski definition) is 3. The number of unbranched alkanes of at least 4 members (excludes halogenated alkanes) is 3. The molecule has 3 N–H and O–H groups in total. The highest BCUT2D eigenvalue weighted by Crippen LogP contribution is 2.20. The highest BCUT2D eigenvalue weighted by atomic mass is 79.9. The topological polar surface area (TPSA) is 94.8 Å². The zero-order chi connectivity index (χ0) is 18.0. The molecule has 24 heavy (non-hydrogen) atoms. The van der Waals surface area contributed by atoms with E-state index in [-0.39, 0.29) is 5.75 Å². The number of halogens is 1. The van der Waals surface area contributed by atoms with Crippen molar-refractivity contribution < 1.29 is 24.9 Å². The van der Waals surface area contributed by atoms with E-state index in [1.165, 1.54) is 17.3 Å². The number of carboxylic acid groups (broad SMARTS) is 2. The van der Waals surface area contributed by atoms with Gasteiger partial charge in [-0.2, -0.15) is 11.8 Å². The highest BCUT2D eigenvalue weighted by Gasteiger charge is 2.38. The van der Waals surface area contributed by atoms with Crippen molar-refractivity contribution in [2.75, 3.05) is 11.5 Å². The SMILES string of the molecule is O=C(O)C[C@@](O)(CSCCCCCCc1ccc(Br)cc1)C(=O)O. The van der Waals surface area contributed by atoms with Crippen LogP contribution in [0.15, 0.2) is 28.7 Å². The van der Waals surface area contributed by atoms with E-state index in [9.17, 15) is 14.7 Å². The summed E-state index contributed by atoms with van der Waals surface area (Å²) in [6.07, 6.45) is 4.42. The van der Waals surface area contributed by atoms with Crippen molar-refractivity contribution in [2.24, 2.45) is 0 Å². The number of aliphatic carboxylic acids is 2. The van der Waals surface area contributed by atoms with Gasteiger partial charge in [-0.1, -0.05) is 40.9 Å². The van der Waals surface area contributed by atoms with Crippen molar-refractivity contribution in [3.63, 3.8) is 0 Å². The van der Waals surface area contributed by atoms with Gasteiger partial charge in [-0.3, -0.25) is 4.79 Å². The van der Waals surface area contributed by atoms with Crippen LogP contribution in [0.5, 0.6) is 0 Å². The quantitative estimate of drug-likeness (QED) is 0.449. The molecule has 1 aromatic carbocycles. The lowest BCUT2D eigenvalue weighted by Gasteiger charge is -2.20. The molecule has 0 aliphatic carbocycles. The summed E-state index contributed by atoms with van der Waals surface area (Å²) in [6, 6.07) is 8.28. The lowest BCUT2D eigenvalue weighted by Crippen LogP contribution is -2.43. The predicted molar refractivity (Wildman–Crippen MR) is 98.5 cm³/mol. The van der Waals surface area contributed by atoms with Crippen molar-refractivity contribution in [3.05, 3.63) is 34.3 Å². The summed E-state index contributed by atoms with van der Waals surface area (Å²) in [6.45, 7) is 0. The van der Waals surface area contributed by atoms with Crippen molar-refractivity contribution >= 4 is 39.6 Å². The number of carbonyl (C=O) groups is 2. The van der Waals surface area contributed by atoms with Gasteiger partial charge in [-0.05, 0) is 42.7 Å². The molecule has 0 heterocycles. The van der Waals surface area contributed by atoms with Gasteiger partial charge in [0.15, 0.2) is 5.60 Å². The molecule has 0 aromatic heterocycles. The van der Waals surface area contributed by atoms with Gasteiger partial charge in [0.25, 0.3) is 0 Å². The number of aliphatic hydroxyl groups is 1. The van der Waals surface area contributed by atoms with Crippen LogP contribution in [0.2, 0.25) is 0 Å². The van der Waals surface area contributed by atoms with E-state index in [1.54, 1.807) is 0 Å². The molecule has 0 aliphatic heterocycles. The Hall–Kier alpha value is -1.05. The van der Waals surface area contributed by atoms with E-state index in [2.05, 4.69) is 28.1 Å². The highest BCUT2D eigenvalue weighted by molar-refractivity contribution is 9.10. The van der Waals surface area contributed by atoms with Crippen molar-refractivity contribution in [1.82, 2.24) is 0 Å². The molecular formula is C17H23BrO5S. The Balaban J connectivity index is 2.12. The third kappa shape index (κ3) is 8.17. The summed E-state index contributed by atoms with van der Waals surface area (Å²) in [5, 5.41) is 27.5. The molecule has 0 bridgehead atoms. The minimum atomic E-state index is -2.18. The van der Waals surface area contributed by atoms with E-state index in [0.29, 0.717) is 5.75 Å². The third-order valence-corrected chi connectivity index (χ3v) is 5.39. The molecule has 5 nitrogen and oxygen atoms in total. The Kier molecular flexibility index (Phi) is 9.39. The Morgan fingerprint density at radius 2 is 1.67 bits per heavy atom. The lowest BCUT2D eigenvalue weighted by atomic mass is 10.0. The van der Waals surface area contributed by atoms with Crippen LogP contribution < -0.4 is 0 Å². The zero-order valence-corrected chi connectivity index (χ0v) is 15.8. The lowest BCUT2D eigenvalue weighted by molar-refractivity contribution is -0.162. The van der Waals surface area contributed by atoms with Crippen LogP contribution in [0.25, 0.3) is 0 Å². The largest absolute Gasteiger partial charge is 0.481 e. The minimum absolute atomic E-state index is 0.104. The van der Waals surface area contributed by atoms with Crippen molar-refractivity contribution in [2.45, 2.75) is 44.1 Å². The van der Waals surface area contributed by atoms with E-state index < -0.39 is 24.0 Å². The molecule has 0 unspecified atom stereocenters. The summed E-state index contributed by atoms with van der Waals surface area (Å²) < 4.78 is 1.08. The molecule has 7 heteroatoms. The van der Waals surface area contributed by atoms with Crippen LogP contribution in [-0.2, 0) is 16.0 Å². The number of hydrogen-bond acceptors (Lipinski definition) is 4. The average Bonchev–Trinajstić information content (AvgIpc) is 2.51. The fraction of sp³-hybridized carbons (Fsp3) is 0.529. The third-order valence-electron chi connectivity index (χ3n) is 3.60. The minimum Gasteiger partial charge on any atom is -0.481 e. The van der Waals surface area contributed by atoms with E-state index >= 15 is 0 Å².